The molecule has 0 fully saturated rings. The molecule has 8 heteroatoms. The maximum absolute atomic E-state index is 12.9. The molecule has 0 aliphatic carbocycles. The molecule has 4 rings (SSSR count). The minimum atomic E-state index is -0.251. The maximum atomic E-state index is 12.9. The van der Waals surface area contributed by atoms with Crippen LogP contribution in [0.4, 0.5) is 0 Å². The number of nitrogens with one attached hydrogen (secondary N) is 1. The number of carbonyl (C=O) groups is 1. The highest BCUT2D eigenvalue weighted by molar-refractivity contribution is 5.75. The predicted octanol–water partition coefficient (Wildman–Crippen LogP) is 2.96. The van der Waals surface area contributed by atoms with Crippen LogP contribution in [0.5, 0.6) is 5.75 Å². The van der Waals surface area contributed by atoms with Gasteiger partial charge in [0, 0.05) is 37.5 Å². The highest BCUT2D eigenvalue weighted by atomic mass is 16.5. The van der Waals surface area contributed by atoms with Crippen molar-refractivity contribution in [3.05, 3.63) is 88.7 Å². The van der Waals surface area contributed by atoms with Crippen molar-refractivity contribution in [3.63, 3.8) is 0 Å². The predicted molar refractivity (Wildman–Crippen MR) is 126 cm³/mol. The van der Waals surface area contributed by atoms with E-state index in [1.807, 2.05) is 61.5 Å². The summed E-state index contributed by atoms with van der Waals surface area (Å²) in [5.74, 6) is 1.43. The Balaban J connectivity index is 1.34. The summed E-state index contributed by atoms with van der Waals surface area (Å²) in [6.07, 6.45) is 5.87. The fourth-order valence-electron chi connectivity index (χ4n) is 3.66. The summed E-state index contributed by atoms with van der Waals surface area (Å²) in [6, 6.07) is 17.4. The summed E-state index contributed by atoms with van der Waals surface area (Å²) in [5.41, 5.74) is 1.93. The Morgan fingerprint density at radius 1 is 1.00 bits per heavy atom. The number of hydrogen-bond donors (Lipinski definition) is 1. The Morgan fingerprint density at radius 3 is 2.55 bits per heavy atom. The molecule has 0 atom stereocenters. The number of hydrogen-bond acceptors (Lipinski definition) is 5. The second kappa shape index (κ2) is 10.6. The Kier molecular flexibility index (Phi) is 7.14. The number of benzene rings is 2. The van der Waals surface area contributed by atoms with Crippen LogP contribution >= 0.6 is 0 Å². The zero-order valence-corrected chi connectivity index (χ0v) is 18.6. The van der Waals surface area contributed by atoms with Crippen LogP contribution in [-0.2, 0) is 17.6 Å². The van der Waals surface area contributed by atoms with E-state index >= 15 is 0 Å². The quantitative estimate of drug-likeness (QED) is 0.405. The number of aryl methyl sites for hydroxylation is 1. The normalized spacial score (nSPS) is 10.9. The van der Waals surface area contributed by atoms with E-state index in [1.54, 1.807) is 16.8 Å². The van der Waals surface area contributed by atoms with Crippen molar-refractivity contribution in [3.8, 4) is 11.4 Å². The summed E-state index contributed by atoms with van der Waals surface area (Å²) in [7, 11) is 0. The number of nitrogens with zero attached hydrogens (tertiary/aromatic N) is 4. The molecule has 33 heavy (non-hydrogen) atoms. The van der Waals surface area contributed by atoms with Gasteiger partial charge in [0.15, 0.2) is 0 Å². The molecular formula is C25H27N5O3. The number of fused-ring (bicyclic) bond motifs is 1. The van der Waals surface area contributed by atoms with Crippen molar-refractivity contribution in [2.75, 3.05) is 13.2 Å². The highest BCUT2D eigenvalue weighted by Gasteiger charge is 2.12. The van der Waals surface area contributed by atoms with Crippen molar-refractivity contribution < 1.29 is 9.53 Å². The van der Waals surface area contributed by atoms with E-state index in [0.29, 0.717) is 38.2 Å². The molecule has 2 aromatic heterocycles. The fourth-order valence-corrected chi connectivity index (χ4v) is 3.66. The first-order valence-electron chi connectivity index (χ1n) is 11.1. The van der Waals surface area contributed by atoms with Crippen LogP contribution in [0.3, 0.4) is 0 Å². The lowest BCUT2D eigenvalue weighted by molar-refractivity contribution is -0.121. The molecule has 0 radical (unpaired) electrons. The lowest BCUT2D eigenvalue weighted by atomic mass is 10.1. The van der Waals surface area contributed by atoms with Crippen LogP contribution in [0.1, 0.15) is 31.2 Å². The van der Waals surface area contributed by atoms with E-state index in [1.165, 1.54) is 10.1 Å². The first-order valence-corrected chi connectivity index (χ1v) is 11.1. The van der Waals surface area contributed by atoms with E-state index in [0.717, 1.165) is 17.9 Å². The van der Waals surface area contributed by atoms with Gasteiger partial charge in [-0.1, -0.05) is 30.3 Å². The lowest BCUT2D eigenvalue weighted by Crippen LogP contribution is -2.25. The first kappa shape index (κ1) is 22.3. The second-order valence-corrected chi connectivity index (χ2v) is 7.65. The summed E-state index contributed by atoms with van der Waals surface area (Å²) in [4.78, 5) is 25.0. The van der Waals surface area contributed by atoms with E-state index in [-0.39, 0.29) is 17.1 Å². The summed E-state index contributed by atoms with van der Waals surface area (Å²) < 4.78 is 8.68. The molecule has 2 aromatic carbocycles. The Morgan fingerprint density at radius 2 is 1.79 bits per heavy atom. The monoisotopic (exact) mass is 445 g/mol. The van der Waals surface area contributed by atoms with Gasteiger partial charge in [-0.15, -0.1) is 10.2 Å². The van der Waals surface area contributed by atoms with Crippen molar-refractivity contribution in [2.24, 2.45) is 0 Å². The van der Waals surface area contributed by atoms with Crippen LogP contribution < -0.4 is 15.6 Å². The summed E-state index contributed by atoms with van der Waals surface area (Å²) >= 11 is 0. The van der Waals surface area contributed by atoms with Gasteiger partial charge in [0.1, 0.15) is 11.6 Å². The molecule has 170 valence electrons. The van der Waals surface area contributed by atoms with Crippen molar-refractivity contribution in [1.29, 1.82) is 0 Å². The van der Waals surface area contributed by atoms with Gasteiger partial charge in [-0.05, 0) is 49.6 Å². The average Bonchev–Trinajstić information content (AvgIpc) is 3.25. The number of carbonyl (C=O) groups excluding carboxylic acids is 1. The maximum Gasteiger partial charge on any atom is 0.300 e. The number of ether oxygens (including phenoxy) is 1. The van der Waals surface area contributed by atoms with Crippen molar-refractivity contribution in [2.45, 2.75) is 32.6 Å². The van der Waals surface area contributed by atoms with Crippen LogP contribution in [0, 0.1) is 0 Å². The zero-order valence-electron chi connectivity index (χ0n) is 18.6. The molecule has 0 bridgehead atoms. The number of amides is 1. The molecule has 8 nitrogen and oxygen atoms in total. The molecule has 0 saturated heterocycles. The molecule has 0 spiro atoms. The fraction of sp³-hybridized carbons (Fsp3) is 0.280. The molecule has 0 unspecified atom stereocenters. The zero-order chi connectivity index (χ0) is 23.0. The topological polar surface area (TPSA) is 90.5 Å². The van der Waals surface area contributed by atoms with Gasteiger partial charge in [-0.3, -0.25) is 18.6 Å². The molecule has 0 saturated carbocycles. The van der Waals surface area contributed by atoms with Crippen molar-refractivity contribution >= 4 is 11.6 Å². The van der Waals surface area contributed by atoms with Gasteiger partial charge in [-0.25, -0.2) is 0 Å². The van der Waals surface area contributed by atoms with Gasteiger partial charge in [0.25, 0.3) is 0 Å². The minimum Gasteiger partial charge on any atom is -0.494 e. The SMILES string of the molecule is CCOc1ccc(-n2ccn3c(CCCC(=O)NCCc4ccccc4)nnc3c2=O)cc1. The Labute approximate surface area is 191 Å². The number of rotatable bonds is 10. The van der Waals surface area contributed by atoms with Gasteiger partial charge in [0.05, 0.1) is 6.61 Å². The molecule has 1 N–H and O–H groups in total. The molecular weight excluding hydrogens is 418 g/mol. The van der Waals surface area contributed by atoms with Gasteiger partial charge in [0.2, 0.25) is 11.6 Å². The van der Waals surface area contributed by atoms with Crippen LogP contribution in [0.25, 0.3) is 11.3 Å². The smallest absolute Gasteiger partial charge is 0.300 e. The minimum absolute atomic E-state index is 0.0117. The van der Waals surface area contributed by atoms with E-state index in [9.17, 15) is 9.59 Å². The summed E-state index contributed by atoms with van der Waals surface area (Å²) in [6.45, 7) is 3.12. The Bertz CT molecular complexity index is 1260. The molecule has 2 heterocycles. The average molecular weight is 446 g/mol. The first-order chi connectivity index (χ1) is 16.2. The van der Waals surface area contributed by atoms with Crippen LogP contribution in [0.2, 0.25) is 0 Å². The third-order valence-corrected chi connectivity index (χ3v) is 5.35. The molecule has 0 aliphatic rings. The Hall–Kier alpha value is -3.94. The highest BCUT2D eigenvalue weighted by Crippen LogP contribution is 2.15. The molecule has 1 amide bonds. The van der Waals surface area contributed by atoms with E-state index < -0.39 is 0 Å². The standard InChI is InChI=1S/C25H27N5O3/c1-2-33-21-13-11-20(12-14-21)29-17-18-30-22(27-28-24(30)25(29)32)9-6-10-23(31)26-16-15-19-7-4-3-5-8-19/h3-5,7-8,11-14,17-18H,2,6,9-10,15-16H2,1H3,(H,26,31). The largest absolute Gasteiger partial charge is 0.494 e. The van der Waals surface area contributed by atoms with Crippen LogP contribution in [0.15, 0.2) is 71.8 Å². The third kappa shape index (κ3) is 5.46. The second-order valence-electron chi connectivity index (χ2n) is 7.65. The van der Waals surface area contributed by atoms with Gasteiger partial charge < -0.3 is 10.1 Å². The molecule has 4 aromatic rings. The third-order valence-electron chi connectivity index (χ3n) is 5.35. The molecule has 0 aliphatic heterocycles. The van der Waals surface area contributed by atoms with Crippen molar-refractivity contribution in [1.82, 2.24) is 24.5 Å². The van der Waals surface area contributed by atoms with E-state index in [2.05, 4.69) is 15.5 Å². The summed E-state index contributed by atoms with van der Waals surface area (Å²) in [5, 5.41) is 11.2. The lowest BCUT2D eigenvalue weighted by Gasteiger charge is -2.08. The van der Waals surface area contributed by atoms with Gasteiger partial charge in [-0.2, -0.15) is 0 Å². The van der Waals surface area contributed by atoms with Crippen LogP contribution in [-0.4, -0.2) is 38.2 Å². The van der Waals surface area contributed by atoms with E-state index in [4.69, 9.17) is 4.74 Å². The number of aromatic nitrogens is 4. The van der Waals surface area contributed by atoms with Gasteiger partial charge >= 0.3 is 5.56 Å².